The summed E-state index contributed by atoms with van der Waals surface area (Å²) in [6.07, 6.45) is 2.26. The van der Waals surface area contributed by atoms with Gasteiger partial charge < -0.3 is 18.6 Å². The van der Waals surface area contributed by atoms with Gasteiger partial charge in [0.15, 0.2) is 11.5 Å². The van der Waals surface area contributed by atoms with Crippen molar-refractivity contribution in [3.63, 3.8) is 0 Å². The number of ether oxygens (including phenoxy) is 3. The molecule has 0 N–H and O–H groups in total. The number of hydrogen-bond donors (Lipinski definition) is 0. The summed E-state index contributed by atoms with van der Waals surface area (Å²) in [6, 6.07) is 28.4. The fourth-order valence-electron chi connectivity index (χ4n) is 5.18. The molecule has 5 aromatic rings. The summed E-state index contributed by atoms with van der Waals surface area (Å²) in [7, 11) is 1.59. The lowest BCUT2D eigenvalue weighted by Crippen LogP contribution is -2.22. The van der Waals surface area contributed by atoms with E-state index in [-0.39, 0.29) is 17.8 Å². The van der Waals surface area contributed by atoms with Crippen LogP contribution in [0.3, 0.4) is 0 Å². The van der Waals surface area contributed by atoms with Gasteiger partial charge in [-0.1, -0.05) is 72.8 Å². The third-order valence-corrected chi connectivity index (χ3v) is 7.05. The second-order valence-corrected chi connectivity index (χ2v) is 9.39. The van der Waals surface area contributed by atoms with Crippen LogP contribution in [-0.2, 0) is 11.2 Å². The van der Waals surface area contributed by atoms with E-state index in [2.05, 4.69) is 12.1 Å². The molecule has 6 heteroatoms. The topological polar surface area (TPSA) is 75.0 Å². The van der Waals surface area contributed by atoms with Crippen LogP contribution >= 0.6 is 0 Å². The highest BCUT2D eigenvalue weighted by molar-refractivity contribution is 5.90. The molecule has 0 aliphatic carbocycles. The van der Waals surface area contributed by atoms with E-state index in [1.807, 2.05) is 66.7 Å². The van der Waals surface area contributed by atoms with Crippen LogP contribution in [0.15, 0.2) is 106 Å². The standard InChI is InChI=1S/C33H26O6/c1-36-28-14-8-13-23(32(28)37-18-17-21-9-4-2-5-10-21)25-19-29(34)39-27-16-15-24-31(35)26(20-38-33(24)30(25)27)22-11-6-3-7-12-22/h2-16,20,25H,17-19H2,1H3/t25-/m0/s1. The van der Waals surface area contributed by atoms with Gasteiger partial charge in [0.2, 0.25) is 5.43 Å². The van der Waals surface area contributed by atoms with Crippen molar-refractivity contribution < 1.29 is 23.4 Å². The number of para-hydroxylation sites is 1. The molecule has 4 aromatic carbocycles. The molecule has 6 nitrogen and oxygen atoms in total. The Morgan fingerprint density at radius 2 is 1.64 bits per heavy atom. The molecule has 6 rings (SSSR count). The number of hydrogen-bond acceptors (Lipinski definition) is 6. The zero-order valence-corrected chi connectivity index (χ0v) is 21.4. The Hall–Kier alpha value is -4.84. The number of fused-ring (bicyclic) bond motifs is 3. The van der Waals surface area contributed by atoms with Crippen LogP contribution in [0.5, 0.6) is 17.2 Å². The van der Waals surface area contributed by atoms with Gasteiger partial charge in [-0.25, -0.2) is 0 Å². The van der Waals surface area contributed by atoms with E-state index in [0.29, 0.717) is 52.4 Å². The summed E-state index contributed by atoms with van der Waals surface area (Å²) in [5, 5.41) is 0.424. The van der Waals surface area contributed by atoms with Crippen LogP contribution in [0.25, 0.3) is 22.1 Å². The summed E-state index contributed by atoms with van der Waals surface area (Å²) in [6.45, 7) is 0.423. The van der Waals surface area contributed by atoms with E-state index in [1.165, 1.54) is 6.26 Å². The van der Waals surface area contributed by atoms with Gasteiger partial charge in [-0.3, -0.25) is 9.59 Å². The molecular formula is C33H26O6. The van der Waals surface area contributed by atoms with Gasteiger partial charge in [-0.05, 0) is 29.3 Å². The minimum absolute atomic E-state index is 0.0679. The van der Waals surface area contributed by atoms with Gasteiger partial charge in [0.05, 0.1) is 31.1 Å². The molecule has 0 fully saturated rings. The van der Waals surface area contributed by atoms with E-state index >= 15 is 0 Å². The van der Waals surface area contributed by atoms with Crippen molar-refractivity contribution in [3.05, 3.63) is 124 Å². The molecule has 0 saturated carbocycles. The Labute approximate surface area is 225 Å². The first-order chi connectivity index (χ1) is 19.1. The molecule has 0 bridgehead atoms. The highest BCUT2D eigenvalue weighted by Crippen LogP contribution is 2.47. The maximum Gasteiger partial charge on any atom is 0.312 e. The molecule has 1 aromatic heterocycles. The number of benzene rings is 4. The normalized spacial score (nSPS) is 14.5. The molecule has 0 unspecified atom stereocenters. The smallest absolute Gasteiger partial charge is 0.312 e. The zero-order valence-electron chi connectivity index (χ0n) is 21.4. The van der Waals surface area contributed by atoms with Crippen LogP contribution in [0.4, 0.5) is 0 Å². The molecule has 1 aliphatic rings. The first-order valence-corrected chi connectivity index (χ1v) is 12.8. The van der Waals surface area contributed by atoms with Gasteiger partial charge in [-0.15, -0.1) is 0 Å². The number of rotatable bonds is 7. The van der Waals surface area contributed by atoms with Crippen molar-refractivity contribution in [1.29, 1.82) is 0 Å². The fourth-order valence-corrected chi connectivity index (χ4v) is 5.18. The summed E-state index contributed by atoms with van der Waals surface area (Å²) in [4.78, 5) is 26.3. The SMILES string of the molecule is COc1cccc([C@@H]2CC(=O)Oc3ccc4c(=O)c(-c5ccccc5)coc4c32)c1OCCc1ccccc1. The van der Waals surface area contributed by atoms with Crippen LogP contribution in [0, 0.1) is 0 Å². The molecule has 0 amide bonds. The average molecular weight is 519 g/mol. The lowest BCUT2D eigenvalue weighted by atomic mass is 9.84. The van der Waals surface area contributed by atoms with Crippen LogP contribution in [-0.4, -0.2) is 19.7 Å². The van der Waals surface area contributed by atoms with Gasteiger partial charge in [0.1, 0.15) is 17.6 Å². The molecular weight excluding hydrogens is 492 g/mol. The molecule has 0 radical (unpaired) electrons. The molecule has 0 saturated heterocycles. The maximum absolute atomic E-state index is 13.6. The van der Waals surface area contributed by atoms with E-state index in [1.54, 1.807) is 19.2 Å². The van der Waals surface area contributed by atoms with Crippen molar-refractivity contribution in [2.75, 3.05) is 13.7 Å². The van der Waals surface area contributed by atoms with Crippen molar-refractivity contribution in [2.24, 2.45) is 0 Å². The lowest BCUT2D eigenvalue weighted by molar-refractivity contribution is -0.135. The molecule has 1 atom stereocenters. The number of carbonyl (C=O) groups is 1. The highest BCUT2D eigenvalue weighted by atomic mass is 16.5. The first-order valence-electron chi connectivity index (χ1n) is 12.8. The van der Waals surface area contributed by atoms with Gasteiger partial charge in [-0.2, -0.15) is 0 Å². The average Bonchev–Trinajstić information content (AvgIpc) is 2.97. The largest absolute Gasteiger partial charge is 0.493 e. The molecule has 194 valence electrons. The number of esters is 1. The Bertz CT molecular complexity index is 1710. The van der Waals surface area contributed by atoms with Crippen LogP contribution in [0.1, 0.15) is 29.0 Å². The highest BCUT2D eigenvalue weighted by Gasteiger charge is 2.34. The van der Waals surface area contributed by atoms with Crippen LogP contribution in [0.2, 0.25) is 0 Å². The van der Waals surface area contributed by atoms with Gasteiger partial charge in [0, 0.05) is 23.5 Å². The predicted molar refractivity (Wildman–Crippen MR) is 149 cm³/mol. The van der Waals surface area contributed by atoms with Crippen molar-refractivity contribution in [1.82, 2.24) is 0 Å². The van der Waals surface area contributed by atoms with E-state index in [0.717, 1.165) is 16.7 Å². The van der Waals surface area contributed by atoms with Crippen molar-refractivity contribution in [3.8, 4) is 28.4 Å². The second-order valence-electron chi connectivity index (χ2n) is 9.39. The number of methoxy groups -OCH3 is 1. The minimum atomic E-state index is -0.461. The first kappa shape index (κ1) is 24.5. The fraction of sp³-hybridized carbons (Fsp3) is 0.152. The third-order valence-electron chi connectivity index (χ3n) is 7.05. The zero-order chi connectivity index (χ0) is 26.8. The summed E-state index contributed by atoms with van der Waals surface area (Å²) < 4.78 is 23.7. The van der Waals surface area contributed by atoms with E-state index < -0.39 is 5.92 Å². The molecule has 0 spiro atoms. The van der Waals surface area contributed by atoms with Crippen molar-refractivity contribution >= 4 is 16.9 Å². The molecule has 1 aliphatic heterocycles. The van der Waals surface area contributed by atoms with E-state index in [4.69, 9.17) is 18.6 Å². The van der Waals surface area contributed by atoms with Gasteiger partial charge in [0.25, 0.3) is 0 Å². The monoisotopic (exact) mass is 518 g/mol. The minimum Gasteiger partial charge on any atom is -0.493 e. The molecule has 39 heavy (non-hydrogen) atoms. The number of carbonyl (C=O) groups excluding carboxylic acids is 1. The Morgan fingerprint density at radius 3 is 2.41 bits per heavy atom. The quantitative estimate of drug-likeness (QED) is 0.180. The van der Waals surface area contributed by atoms with E-state index in [9.17, 15) is 9.59 Å². The van der Waals surface area contributed by atoms with Gasteiger partial charge >= 0.3 is 5.97 Å². The summed E-state index contributed by atoms with van der Waals surface area (Å²) in [5.74, 6) is 0.666. The predicted octanol–water partition coefficient (Wildman–Crippen LogP) is 6.53. The van der Waals surface area contributed by atoms with Crippen molar-refractivity contribution in [2.45, 2.75) is 18.8 Å². The molecule has 2 heterocycles. The third kappa shape index (κ3) is 4.66. The summed E-state index contributed by atoms with van der Waals surface area (Å²) in [5.41, 5.74) is 4.06. The second kappa shape index (κ2) is 10.5. The Kier molecular flexibility index (Phi) is 6.59. The maximum atomic E-state index is 13.6. The Balaban J connectivity index is 1.45. The Morgan fingerprint density at radius 1 is 0.872 bits per heavy atom. The summed E-state index contributed by atoms with van der Waals surface area (Å²) >= 11 is 0. The van der Waals surface area contributed by atoms with Crippen LogP contribution < -0.4 is 19.6 Å². The lowest BCUT2D eigenvalue weighted by Gasteiger charge is -2.27.